The highest BCUT2D eigenvalue weighted by Gasteiger charge is 2.41. The Bertz CT molecular complexity index is 1660. The van der Waals surface area contributed by atoms with Crippen molar-refractivity contribution in [2.24, 2.45) is 0 Å². The molecule has 4 aromatic rings. The predicted octanol–water partition coefficient (Wildman–Crippen LogP) is 5.10. The first-order valence-corrected chi connectivity index (χ1v) is 14.1. The fourth-order valence-electron chi connectivity index (χ4n) is 4.97. The maximum atomic E-state index is 15.5. The number of ether oxygens (including phenoxy) is 1. The summed E-state index contributed by atoms with van der Waals surface area (Å²) in [5.74, 6) is -2.68. The molecular weight excluding hydrogens is 549 g/mol. The van der Waals surface area contributed by atoms with Crippen LogP contribution in [0.2, 0.25) is 0 Å². The minimum Gasteiger partial charge on any atom is -0.495 e. The Kier molecular flexibility index (Phi) is 7.36. The second-order valence-electron chi connectivity index (χ2n) is 9.51. The monoisotopic (exact) mass is 575 g/mol. The van der Waals surface area contributed by atoms with Gasteiger partial charge < -0.3 is 9.15 Å². The van der Waals surface area contributed by atoms with Gasteiger partial charge in [0.1, 0.15) is 22.5 Å². The van der Waals surface area contributed by atoms with Gasteiger partial charge in [-0.1, -0.05) is 28.9 Å². The van der Waals surface area contributed by atoms with Gasteiger partial charge in [0.2, 0.25) is 5.89 Å². The summed E-state index contributed by atoms with van der Waals surface area (Å²) in [7, 11) is -3.11. The number of methoxy groups -OCH3 is 1. The largest absolute Gasteiger partial charge is 0.495 e. The van der Waals surface area contributed by atoms with Gasteiger partial charge in [0.25, 0.3) is 10.0 Å². The smallest absolute Gasteiger partial charge is 0.434 e. The third-order valence-electron chi connectivity index (χ3n) is 7.25. The van der Waals surface area contributed by atoms with E-state index in [0.717, 1.165) is 30.4 Å². The molecule has 1 saturated carbocycles. The molecule has 0 radical (unpaired) electrons. The number of rotatable bonds is 9. The van der Waals surface area contributed by atoms with Gasteiger partial charge in [0.05, 0.1) is 19.3 Å². The fourth-order valence-corrected chi connectivity index (χ4v) is 6.86. The Morgan fingerprint density at radius 2 is 2.00 bits per heavy atom. The van der Waals surface area contributed by atoms with Crippen LogP contribution in [0.25, 0.3) is 11.1 Å². The molecule has 5 rings (SSSR count). The van der Waals surface area contributed by atoms with Gasteiger partial charge in [-0.25, -0.2) is 22.7 Å². The van der Waals surface area contributed by atoms with Crippen LogP contribution in [-0.4, -0.2) is 39.3 Å². The van der Waals surface area contributed by atoms with Crippen LogP contribution in [0.5, 0.6) is 5.75 Å². The molecule has 0 bridgehead atoms. The Hall–Kier alpha value is -3.48. The Balaban J connectivity index is 1.60. The van der Waals surface area contributed by atoms with E-state index in [2.05, 4.69) is 15.3 Å². The minimum atomic E-state index is -4.44. The molecule has 2 aromatic carbocycles. The molecule has 2 heterocycles. The van der Waals surface area contributed by atoms with Crippen molar-refractivity contribution in [1.29, 1.82) is 0 Å². The molecule has 39 heavy (non-hydrogen) atoms. The molecule has 0 spiro atoms. The number of benzene rings is 2. The molecule has 0 amide bonds. The zero-order valence-corrected chi connectivity index (χ0v) is 23.0. The zero-order valence-electron chi connectivity index (χ0n) is 21.5. The van der Waals surface area contributed by atoms with Crippen molar-refractivity contribution >= 4 is 21.8 Å². The molecule has 2 atom stereocenters. The second-order valence-corrected chi connectivity index (χ2v) is 11.9. The lowest BCUT2D eigenvalue weighted by molar-refractivity contribution is 0.289. The van der Waals surface area contributed by atoms with Crippen LogP contribution >= 0.6 is 11.8 Å². The van der Waals surface area contributed by atoms with Gasteiger partial charge in [-0.15, -0.1) is 5.10 Å². The standard InChI is InChI=1S/C26H27ClFN5O5S/c1-15-19(17-13-29-32(14-17)18-7-6-8-18)11-12-20(28)23(15)16(2)24(25-30-31-26(34)38-25)33(27)39(35,36)22-10-5-4-9-21(22)37-3/h4-5,9-14,16,18,24H,6-8H2,1-3H3,(H,31,34)/t16-,24+/m1/s1. The van der Waals surface area contributed by atoms with E-state index in [0.29, 0.717) is 15.4 Å². The average Bonchev–Trinajstić information content (AvgIpc) is 3.52. The van der Waals surface area contributed by atoms with Crippen molar-refractivity contribution in [3.05, 3.63) is 82.2 Å². The Labute approximate surface area is 229 Å². The minimum absolute atomic E-state index is 0.0610. The van der Waals surface area contributed by atoms with E-state index in [4.69, 9.17) is 20.9 Å². The second kappa shape index (κ2) is 10.6. The highest BCUT2D eigenvalue weighted by atomic mass is 35.5. The number of aromatic amines is 1. The summed E-state index contributed by atoms with van der Waals surface area (Å²) in [5.41, 5.74) is 2.30. The third-order valence-corrected chi connectivity index (χ3v) is 9.59. The fraction of sp³-hybridized carbons (Fsp3) is 0.346. The number of nitrogens with one attached hydrogen (secondary N) is 1. The number of para-hydroxylation sites is 1. The molecule has 0 unspecified atom stereocenters. The zero-order chi connectivity index (χ0) is 27.9. The van der Waals surface area contributed by atoms with Gasteiger partial charge in [0.15, 0.2) is 0 Å². The van der Waals surface area contributed by atoms with Crippen molar-refractivity contribution in [1.82, 2.24) is 23.8 Å². The van der Waals surface area contributed by atoms with Crippen LogP contribution in [0, 0.1) is 12.7 Å². The van der Waals surface area contributed by atoms with E-state index in [1.54, 1.807) is 32.2 Å². The van der Waals surface area contributed by atoms with Gasteiger partial charge in [-0.2, -0.15) is 5.10 Å². The molecule has 206 valence electrons. The van der Waals surface area contributed by atoms with Crippen LogP contribution in [0.4, 0.5) is 4.39 Å². The first-order valence-electron chi connectivity index (χ1n) is 12.4. The predicted molar refractivity (Wildman–Crippen MR) is 141 cm³/mol. The molecule has 13 heteroatoms. The maximum absolute atomic E-state index is 15.5. The van der Waals surface area contributed by atoms with Crippen molar-refractivity contribution in [2.75, 3.05) is 7.11 Å². The molecule has 10 nitrogen and oxygen atoms in total. The Morgan fingerprint density at radius 1 is 1.26 bits per heavy atom. The van der Waals surface area contributed by atoms with E-state index in [9.17, 15) is 13.2 Å². The van der Waals surface area contributed by atoms with Crippen LogP contribution < -0.4 is 10.5 Å². The summed E-state index contributed by atoms with van der Waals surface area (Å²) >= 11 is 6.55. The van der Waals surface area contributed by atoms with E-state index >= 15 is 4.39 Å². The molecule has 2 aromatic heterocycles. The quantitative estimate of drug-likeness (QED) is 0.275. The summed E-state index contributed by atoms with van der Waals surface area (Å²) in [6.07, 6.45) is 6.96. The maximum Gasteiger partial charge on any atom is 0.434 e. The SMILES string of the molecule is COc1ccccc1S(=O)(=O)N(Cl)[C@H](c1n[nH]c(=O)o1)[C@H](C)c1c(F)ccc(-c2cnn(C3CCC3)c2)c1C. The lowest BCUT2D eigenvalue weighted by Gasteiger charge is -2.29. The lowest BCUT2D eigenvalue weighted by Crippen LogP contribution is -2.31. The van der Waals surface area contributed by atoms with E-state index < -0.39 is 33.6 Å². The summed E-state index contributed by atoms with van der Waals surface area (Å²) in [4.78, 5) is 11.6. The highest BCUT2D eigenvalue weighted by Crippen LogP contribution is 2.44. The van der Waals surface area contributed by atoms with Gasteiger partial charge in [-0.3, -0.25) is 4.68 Å². The first-order chi connectivity index (χ1) is 18.6. The molecule has 1 aliphatic carbocycles. The number of hydrogen-bond donors (Lipinski definition) is 1. The number of halogens is 2. The lowest BCUT2D eigenvalue weighted by atomic mass is 9.86. The third kappa shape index (κ3) is 4.88. The molecule has 0 saturated heterocycles. The van der Waals surface area contributed by atoms with Gasteiger partial charge >= 0.3 is 5.76 Å². The molecule has 1 aliphatic rings. The van der Waals surface area contributed by atoms with Gasteiger partial charge in [0, 0.05) is 17.7 Å². The van der Waals surface area contributed by atoms with Crippen LogP contribution in [0.15, 0.2) is 62.9 Å². The number of hydrogen-bond acceptors (Lipinski definition) is 7. The molecule has 1 fully saturated rings. The average molecular weight is 576 g/mol. The molecule has 1 N–H and O–H groups in total. The molecule has 0 aliphatic heterocycles. The molecular formula is C26H27ClFN5O5S. The van der Waals surface area contributed by atoms with Crippen molar-refractivity contribution < 1.29 is 22.0 Å². The van der Waals surface area contributed by atoms with Crippen LogP contribution in [0.1, 0.15) is 61.2 Å². The topological polar surface area (TPSA) is 123 Å². The Morgan fingerprint density at radius 3 is 2.64 bits per heavy atom. The van der Waals surface area contributed by atoms with Crippen molar-refractivity contribution in [2.45, 2.75) is 56.0 Å². The van der Waals surface area contributed by atoms with Crippen LogP contribution in [0.3, 0.4) is 0 Å². The number of H-pyrrole nitrogens is 1. The number of nitrogens with zero attached hydrogens (tertiary/aromatic N) is 4. The van der Waals surface area contributed by atoms with E-state index in [1.807, 2.05) is 10.9 Å². The number of sulfonamides is 1. The first kappa shape index (κ1) is 27.1. The van der Waals surface area contributed by atoms with Gasteiger partial charge in [-0.05, 0) is 72.9 Å². The van der Waals surface area contributed by atoms with E-state index in [1.165, 1.54) is 31.4 Å². The van der Waals surface area contributed by atoms with Crippen molar-refractivity contribution in [3.63, 3.8) is 0 Å². The summed E-state index contributed by atoms with van der Waals surface area (Å²) in [6.45, 7) is 3.34. The number of aromatic nitrogens is 4. The van der Waals surface area contributed by atoms with Crippen molar-refractivity contribution in [3.8, 4) is 16.9 Å². The highest BCUT2D eigenvalue weighted by molar-refractivity contribution is 7.90. The van der Waals surface area contributed by atoms with Crippen LogP contribution in [-0.2, 0) is 10.0 Å². The summed E-state index contributed by atoms with van der Waals surface area (Å²) in [5, 5.41) is 10.5. The normalized spacial score (nSPS) is 15.7. The van der Waals surface area contributed by atoms with E-state index in [-0.39, 0.29) is 22.1 Å². The summed E-state index contributed by atoms with van der Waals surface area (Å²) in [6, 6.07) is 7.87. The summed E-state index contributed by atoms with van der Waals surface area (Å²) < 4.78 is 55.7.